The zero-order chi connectivity index (χ0) is 15.5. The van der Waals surface area contributed by atoms with Gasteiger partial charge in [-0.2, -0.15) is 0 Å². The topological polar surface area (TPSA) is 72.4 Å². The molecule has 112 valence electrons. The summed E-state index contributed by atoms with van der Waals surface area (Å²) in [5.74, 6) is -0.132. The summed E-state index contributed by atoms with van der Waals surface area (Å²) < 4.78 is 2.78. The number of benzene rings is 1. The first-order valence-electron chi connectivity index (χ1n) is 6.87. The van der Waals surface area contributed by atoms with Gasteiger partial charge in [-0.25, -0.2) is 4.98 Å². The Bertz CT molecular complexity index is 811. The summed E-state index contributed by atoms with van der Waals surface area (Å²) in [4.78, 5) is 16.6. The second-order valence-electron chi connectivity index (χ2n) is 4.86. The standard InChI is InChI=1S/C16H15BrN4O/c17-15-13(20-14-3-1-2-8-21(14)15)10-19-16(22)12-6-4-11(9-18)5-7-12/h1-8H,9-10,18H2,(H,19,22). The maximum atomic E-state index is 12.2. The summed E-state index contributed by atoms with van der Waals surface area (Å²) >= 11 is 3.51. The first kappa shape index (κ1) is 14.7. The van der Waals surface area contributed by atoms with Crippen LogP contribution in [-0.2, 0) is 13.1 Å². The predicted octanol–water partition coefficient (Wildman–Crippen LogP) is 2.49. The van der Waals surface area contributed by atoms with Crippen LogP contribution in [0.3, 0.4) is 0 Å². The van der Waals surface area contributed by atoms with Gasteiger partial charge in [-0.05, 0) is 45.8 Å². The average molecular weight is 359 g/mol. The van der Waals surface area contributed by atoms with E-state index in [2.05, 4.69) is 26.2 Å². The number of rotatable bonds is 4. The fraction of sp³-hybridized carbons (Fsp3) is 0.125. The van der Waals surface area contributed by atoms with Gasteiger partial charge >= 0.3 is 0 Å². The molecule has 6 heteroatoms. The first-order chi connectivity index (χ1) is 10.7. The highest BCUT2D eigenvalue weighted by atomic mass is 79.9. The molecule has 1 aromatic carbocycles. The Hall–Kier alpha value is -2.18. The summed E-state index contributed by atoms with van der Waals surface area (Å²) in [6.45, 7) is 0.829. The smallest absolute Gasteiger partial charge is 0.251 e. The lowest BCUT2D eigenvalue weighted by Gasteiger charge is -2.05. The Kier molecular flexibility index (Phi) is 4.22. The lowest BCUT2D eigenvalue weighted by Crippen LogP contribution is -2.23. The average Bonchev–Trinajstić information content (AvgIpc) is 2.89. The maximum Gasteiger partial charge on any atom is 0.251 e. The van der Waals surface area contributed by atoms with E-state index in [0.717, 1.165) is 21.5 Å². The zero-order valence-electron chi connectivity index (χ0n) is 11.8. The second kappa shape index (κ2) is 6.29. The van der Waals surface area contributed by atoms with Gasteiger partial charge in [0.1, 0.15) is 10.3 Å². The van der Waals surface area contributed by atoms with Gasteiger partial charge in [-0.1, -0.05) is 18.2 Å². The minimum absolute atomic E-state index is 0.132. The highest BCUT2D eigenvalue weighted by molar-refractivity contribution is 9.10. The van der Waals surface area contributed by atoms with E-state index in [0.29, 0.717) is 18.7 Å². The summed E-state index contributed by atoms with van der Waals surface area (Å²) in [5, 5.41) is 2.88. The van der Waals surface area contributed by atoms with E-state index in [4.69, 9.17) is 5.73 Å². The van der Waals surface area contributed by atoms with Crippen LogP contribution >= 0.6 is 15.9 Å². The third-order valence-electron chi connectivity index (χ3n) is 3.41. The molecule has 3 rings (SSSR count). The lowest BCUT2D eigenvalue weighted by atomic mass is 10.1. The van der Waals surface area contributed by atoms with Crippen LogP contribution in [0.25, 0.3) is 5.65 Å². The van der Waals surface area contributed by atoms with Crippen LogP contribution in [0.15, 0.2) is 53.3 Å². The number of carbonyl (C=O) groups is 1. The molecule has 0 radical (unpaired) electrons. The third kappa shape index (κ3) is 2.88. The van der Waals surface area contributed by atoms with Crippen molar-refractivity contribution in [1.29, 1.82) is 0 Å². The Morgan fingerprint density at radius 2 is 2.00 bits per heavy atom. The van der Waals surface area contributed by atoms with Crippen LogP contribution in [-0.4, -0.2) is 15.3 Å². The maximum absolute atomic E-state index is 12.2. The van der Waals surface area contributed by atoms with E-state index in [1.54, 1.807) is 12.1 Å². The number of halogens is 1. The van der Waals surface area contributed by atoms with Gasteiger partial charge in [-0.15, -0.1) is 0 Å². The Balaban J connectivity index is 1.72. The Morgan fingerprint density at radius 1 is 1.23 bits per heavy atom. The van der Waals surface area contributed by atoms with E-state index >= 15 is 0 Å². The van der Waals surface area contributed by atoms with Crippen molar-refractivity contribution in [2.45, 2.75) is 13.1 Å². The normalized spacial score (nSPS) is 10.8. The fourth-order valence-electron chi connectivity index (χ4n) is 2.19. The van der Waals surface area contributed by atoms with Crippen LogP contribution < -0.4 is 11.1 Å². The number of aromatic nitrogens is 2. The van der Waals surface area contributed by atoms with Gasteiger partial charge in [0.25, 0.3) is 5.91 Å². The molecule has 0 spiro atoms. The quantitative estimate of drug-likeness (QED) is 0.752. The monoisotopic (exact) mass is 358 g/mol. The molecule has 22 heavy (non-hydrogen) atoms. The number of imidazole rings is 1. The number of amides is 1. The van der Waals surface area contributed by atoms with Crippen LogP contribution in [0.2, 0.25) is 0 Å². The molecule has 5 nitrogen and oxygen atoms in total. The molecular weight excluding hydrogens is 344 g/mol. The van der Waals surface area contributed by atoms with Crippen LogP contribution in [0, 0.1) is 0 Å². The molecule has 0 saturated heterocycles. The molecule has 0 bridgehead atoms. The van der Waals surface area contributed by atoms with E-state index in [9.17, 15) is 4.79 Å². The molecule has 1 amide bonds. The molecule has 0 saturated carbocycles. The van der Waals surface area contributed by atoms with Crippen molar-refractivity contribution in [3.8, 4) is 0 Å². The highest BCUT2D eigenvalue weighted by Crippen LogP contribution is 2.18. The number of fused-ring (bicyclic) bond motifs is 1. The molecular formula is C16H15BrN4O. The van der Waals surface area contributed by atoms with Crippen LogP contribution in [0.4, 0.5) is 0 Å². The minimum Gasteiger partial charge on any atom is -0.346 e. The number of carbonyl (C=O) groups excluding carboxylic acids is 1. The van der Waals surface area contributed by atoms with E-state index in [1.807, 2.05) is 40.9 Å². The number of hydrogen-bond acceptors (Lipinski definition) is 3. The first-order valence-corrected chi connectivity index (χ1v) is 7.67. The highest BCUT2D eigenvalue weighted by Gasteiger charge is 2.11. The molecule has 0 aliphatic carbocycles. The molecule has 0 atom stereocenters. The summed E-state index contributed by atoms with van der Waals surface area (Å²) in [7, 11) is 0. The number of nitrogens with two attached hydrogens (primary N) is 1. The van der Waals surface area contributed by atoms with Gasteiger partial charge < -0.3 is 11.1 Å². The lowest BCUT2D eigenvalue weighted by molar-refractivity contribution is 0.0950. The Labute approximate surface area is 136 Å². The minimum atomic E-state index is -0.132. The van der Waals surface area contributed by atoms with Crippen LogP contribution in [0.5, 0.6) is 0 Å². The van der Waals surface area contributed by atoms with Gasteiger partial charge in [0, 0.05) is 18.3 Å². The molecule has 2 aromatic heterocycles. The molecule has 0 fully saturated rings. The molecule has 0 aliphatic heterocycles. The van der Waals surface area contributed by atoms with Crippen molar-refractivity contribution in [3.63, 3.8) is 0 Å². The predicted molar refractivity (Wildman–Crippen MR) is 88.4 cm³/mol. The fourth-order valence-corrected chi connectivity index (χ4v) is 2.71. The largest absolute Gasteiger partial charge is 0.346 e. The number of hydrogen-bond donors (Lipinski definition) is 2. The van der Waals surface area contributed by atoms with Gasteiger partial charge in [0.05, 0.1) is 12.2 Å². The summed E-state index contributed by atoms with van der Waals surface area (Å²) in [5.41, 5.74) is 8.78. The van der Waals surface area contributed by atoms with E-state index < -0.39 is 0 Å². The van der Waals surface area contributed by atoms with Crippen molar-refractivity contribution in [2.24, 2.45) is 5.73 Å². The summed E-state index contributed by atoms with van der Waals surface area (Å²) in [6, 6.07) is 13.0. The molecule has 2 heterocycles. The van der Waals surface area contributed by atoms with E-state index in [-0.39, 0.29) is 5.91 Å². The van der Waals surface area contributed by atoms with Crippen molar-refractivity contribution in [1.82, 2.24) is 14.7 Å². The van der Waals surface area contributed by atoms with Gasteiger partial charge in [0.2, 0.25) is 0 Å². The molecule has 3 N–H and O–H groups in total. The van der Waals surface area contributed by atoms with Crippen molar-refractivity contribution >= 4 is 27.5 Å². The van der Waals surface area contributed by atoms with Crippen molar-refractivity contribution in [3.05, 3.63) is 70.1 Å². The SMILES string of the molecule is NCc1ccc(C(=O)NCc2nc3ccccn3c2Br)cc1. The van der Waals surface area contributed by atoms with Gasteiger partial charge in [0.15, 0.2) is 0 Å². The van der Waals surface area contributed by atoms with E-state index in [1.165, 1.54) is 0 Å². The number of pyridine rings is 1. The number of nitrogens with zero attached hydrogens (tertiary/aromatic N) is 2. The van der Waals surface area contributed by atoms with Crippen molar-refractivity contribution < 1.29 is 4.79 Å². The zero-order valence-corrected chi connectivity index (χ0v) is 13.4. The molecule has 0 unspecified atom stereocenters. The van der Waals surface area contributed by atoms with Gasteiger partial charge in [-0.3, -0.25) is 9.20 Å². The van der Waals surface area contributed by atoms with Crippen molar-refractivity contribution in [2.75, 3.05) is 0 Å². The second-order valence-corrected chi connectivity index (χ2v) is 5.61. The van der Waals surface area contributed by atoms with Crippen LogP contribution in [0.1, 0.15) is 21.6 Å². The third-order valence-corrected chi connectivity index (χ3v) is 4.25. The number of nitrogens with one attached hydrogen (secondary N) is 1. The summed E-state index contributed by atoms with van der Waals surface area (Å²) in [6.07, 6.45) is 1.92. The Morgan fingerprint density at radius 3 is 2.68 bits per heavy atom. The molecule has 3 aromatic rings. The molecule has 0 aliphatic rings.